The third-order valence-electron chi connectivity index (χ3n) is 14.1. The van der Waals surface area contributed by atoms with Gasteiger partial charge in [0.05, 0.1) is 0 Å². The van der Waals surface area contributed by atoms with Gasteiger partial charge in [0.25, 0.3) is 0 Å². The van der Waals surface area contributed by atoms with Gasteiger partial charge in [-0.15, -0.1) is 0 Å². The van der Waals surface area contributed by atoms with Gasteiger partial charge in [0.1, 0.15) is 0 Å². The molecular formula is C61H48. The fourth-order valence-corrected chi connectivity index (χ4v) is 11.1. The average molecular weight is 781 g/mol. The maximum atomic E-state index is 2.50. The van der Waals surface area contributed by atoms with Gasteiger partial charge in [-0.3, -0.25) is 0 Å². The summed E-state index contributed by atoms with van der Waals surface area (Å²) in [6, 6.07) is 73.2. The zero-order valence-corrected chi connectivity index (χ0v) is 34.5. The number of hydrogen-bond donors (Lipinski definition) is 0. The van der Waals surface area contributed by atoms with Gasteiger partial charge in [-0.1, -0.05) is 211 Å². The lowest BCUT2D eigenvalue weighted by Crippen LogP contribution is -2.15. The molecule has 10 aromatic rings. The van der Waals surface area contributed by atoms with Crippen LogP contribution in [-0.4, -0.2) is 0 Å². The molecular weight excluding hydrogens is 733 g/mol. The Morgan fingerprint density at radius 1 is 0.246 bits per heavy atom. The van der Waals surface area contributed by atoms with Crippen molar-refractivity contribution in [3.63, 3.8) is 0 Å². The standard InChI is InChI=1S/C60H44.CH4/c1-59(2)53-24-14-12-20-45(53)47-29-27-39(35-55(47)59)57-49-22-10-11-23-50(49)58(40-28-30-48-46-21-13-15-25-54(46)60(3,4)56(48)36-40)52-34-38(26-31-51(52)57)42-33-32-41(37-16-6-5-7-17-37)43-18-8-9-19-44(42)43;/h5-36H,1-4H3;1H4. The van der Waals surface area contributed by atoms with Crippen molar-refractivity contribution in [2.75, 3.05) is 0 Å². The first kappa shape index (κ1) is 37.0. The van der Waals surface area contributed by atoms with E-state index in [-0.39, 0.29) is 18.3 Å². The van der Waals surface area contributed by atoms with Gasteiger partial charge in [0.15, 0.2) is 0 Å². The normalized spacial score (nSPS) is 14.0. The molecule has 0 nitrogen and oxygen atoms in total. The maximum Gasteiger partial charge on any atom is 0.0159 e. The summed E-state index contributed by atoms with van der Waals surface area (Å²) < 4.78 is 0. The molecule has 0 spiro atoms. The summed E-state index contributed by atoms with van der Waals surface area (Å²) in [5.41, 5.74) is 20.8. The second-order valence-electron chi connectivity index (χ2n) is 18.0. The second kappa shape index (κ2) is 13.5. The van der Waals surface area contributed by atoms with Crippen LogP contribution in [0.2, 0.25) is 0 Å². The van der Waals surface area contributed by atoms with Crippen LogP contribution in [0, 0.1) is 0 Å². The van der Waals surface area contributed by atoms with E-state index in [2.05, 4.69) is 222 Å². The van der Waals surface area contributed by atoms with Crippen LogP contribution in [0.5, 0.6) is 0 Å². The maximum absolute atomic E-state index is 2.50. The van der Waals surface area contributed by atoms with Crippen LogP contribution in [0.1, 0.15) is 57.4 Å². The molecule has 0 aromatic heterocycles. The van der Waals surface area contributed by atoms with Crippen LogP contribution in [-0.2, 0) is 10.8 Å². The molecule has 0 radical (unpaired) electrons. The smallest absolute Gasteiger partial charge is 0.0159 e. The molecule has 0 atom stereocenters. The first-order valence-corrected chi connectivity index (χ1v) is 21.3. The Labute approximate surface area is 359 Å². The lowest BCUT2D eigenvalue weighted by molar-refractivity contribution is 0.660. The molecule has 0 heteroatoms. The topological polar surface area (TPSA) is 0 Å². The molecule has 0 saturated carbocycles. The van der Waals surface area contributed by atoms with E-state index in [1.165, 1.54) is 121 Å². The first-order valence-electron chi connectivity index (χ1n) is 21.3. The Hall–Kier alpha value is -7.02. The summed E-state index contributed by atoms with van der Waals surface area (Å²) in [4.78, 5) is 0. The van der Waals surface area contributed by atoms with E-state index in [0.717, 1.165) is 0 Å². The van der Waals surface area contributed by atoms with E-state index in [1.807, 2.05) is 0 Å². The molecule has 2 aliphatic carbocycles. The molecule has 292 valence electrons. The third-order valence-corrected chi connectivity index (χ3v) is 14.1. The molecule has 0 aliphatic heterocycles. The SMILES string of the molecule is C.CC1(C)c2ccccc2-c2ccc(-c3c4ccccc4c(-c4ccc5c(c4)C(C)(C)c4ccccc4-5)c4cc(-c5ccc(-c6ccccc6)c6ccccc56)ccc34)cc21. The van der Waals surface area contributed by atoms with Crippen molar-refractivity contribution in [1.82, 2.24) is 0 Å². The highest BCUT2D eigenvalue weighted by molar-refractivity contribution is 6.22. The Bertz CT molecular complexity index is 3410. The average Bonchev–Trinajstić information content (AvgIpc) is 3.66. The van der Waals surface area contributed by atoms with E-state index < -0.39 is 0 Å². The molecule has 0 unspecified atom stereocenters. The van der Waals surface area contributed by atoms with Crippen molar-refractivity contribution in [3.8, 4) is 66.8 Å². The molecule has 0 bridgehead atoms. The van der Waals surface area contributed by atoms with Gasteiger partial charge in [-0.2, -0.15) is 0 Å². The molecule has 10 aromatic carbocycles. The van der Waals surface area contributed by atoms with Crippen molar-refractivity contribution >= 4 is 32.3 Å². The first-order chi connectivity index (χ1) is 29.3. The van der Waals surface area contributed by atoms with Gasteiger partial charge in [-0.05, 0) is 140 Å². The van der Waals surface area contributed by atoms with Gasteiger partial charge >= 0.3 is 0 Å². The van der Waals surface area contributed by atoms with E-state index in [1.54, 1.807) is 0 Å². The monoisotopic (exact) mass is 780 g/mol. The fourth-order valence-electron chi connectivity index (χ4n) is 11.1. The van der Waals surface area contributed by atoms with Crippen LogP contribution in [0.15, 0.2) is 194 Å². The fraction of sp³-hybridized carbons (Fsp3) is 0.115. The van der Waals surface area contributed by atoms with Crippen molar-refractivity contribution < 1.29 is 0 Å². The molecule has 0 fully saturated rings. The van der Waals surface area contributed by atoms with Gasteiger partial charge in [0.2, 0.25) is 0 Å². The Morgan fingerprint density at radius 3 is 1.16 bits per heavy atom. The molecule has 61 heavy (non-hydrogen) atoms. The highest BCUT2D eigenvalue weighted by Crippen LogP contribution is 2.54. The van der Waals surface area contributed by atoms with E-state index >= 15 is 0 Å². The number of benzene rings is 10. The molecule has 0 N–H and O–H groups in total. The quantitative estimate of drug-likeness (QED) is 0.156. The summed E-state index contributed by atoms with van der Waals surface area (Å²) in [7, 11) is 0. The minimum Gasteiger partial charge on any atom is -0.0776 e. The highest BCUT2D eigenvalue weighted by atomic mass is 14.4. The molecule has 0 heterocycles. The number of hydrogen-bond acceptors (Lipinski definition) is 0. The van der Waals surface area contributed by atoms with Crippen LogP contribution < -0.4 is 0 Å². The second-order valence-corrected chi connectivity index (χ2v) is 18.0. The zero-order chi connectivity index (χ0) is 40.3. The van der Waals surface area contributed by atoms with Crippen molar-refractivity contribution in [1.29, 1.82) is 0 Å². The van der Waals surface area contributed by atoms with Crippen LogP contribution in [0.25, 0.3) is 99.1 Å². The lowest BCUT2D eigenvalue weighted by atomic mass is 9.79. The highest BCUT2D eigenvalue weighted by Gasteiger charge is 2.37. The lowest BCUT2D eigenvalue weighted by Gasteiger charge is -2.24. The van der Waals surface area contributed by atoms with Gasteiger partial charge in [0, 0.05) is 10.8 Å². The third kappa shape index (κ3) is 5.31. The minimum absolute atomic E-state index is 0. The summed E-state index contributed by atoms with van der Waals surface area (Å²) in [6.45, 7) is 9.54. The number of rotatable bonds is 4. The van der Waals surface area contributed by atoms with Crippen LogP contribution in [0.4, 0.5) is 0 Å². The van der Waals surface area contributed by atoms with E-state index in [9.17, 15) is 0 Å². The van der Waals surface area contributed by atoms with Crippen molar-refractivity contribution in [2.24, 2.45) is 0 Å². The summed E-state index contributed by atoms with van der Waals surface area (Å²) >= 11 is 0. The zero-order valence-electron chi connectivity index (χ0n) is 34.5. The Balaban J connectivity index is 0.00000420. The summed E-state index contributed by atoms with van der Waals surface area (Å²) in [5, 5.41) is 7.63. The summed E-state index contributed by atoms with van der Waals surface area (Å²) in [6.07, 6.45) is 0. The molecule has 0 amide bonds. The van der Waals surface area contributed by atoms with Gasteiger partial charge in [-0.25, -0.2) is 0 Å². The van der Waals surface area contributed by atoms with E-state index in [4.69, 9.17) is 0 Å². The predicted octanol–water partition coefficient (Wildman–Crippen LogP) is 17.1. The van der Waals surface area contributed by atoms with Crippen LogP contribution >= 0.6 is 0 Å². The number of fused-ring (bicyclic) bond motifs is 9. The van der Waals surface area contributed by atoms with Crippen LogP contribution in [0.3, 0.4) is 0 Å². The molecule has 12 rings (SSSR count). The Kier molecular flexibility index (Phi) is 8.19. The molecule has 2 aliphatic rings. The summed E-state index contributed by atoms with van der Waals surface area (Å²) in [5.74, 6) is 0. The van der Waals surface area contributed by atoms with Crippen molar-refractivity contribution in [3.05, 3.63) is 216 Å². The Morgan fingerprint density at radius 2 is 0.623 bits per heavy atom. The predicted molar refractivity (Wildman–Crippen MR) is 263 cm³/mol. The van der Waals surface area contributed by atoms with E-state index in [0.29, 0.717) is 0 Å². The largest absolute Gasteiger partial charge is 0.0776 e. The van der Waals surface area contributed by atoms with Crippen molar-refractivity contribution in [2.45, 2.75) is 46.0 Å². The van der Waals surface area contributed by atoms with Gasteiger partial charge < -0.3 is 0 Å². The molecule has 0 saturated heterocycles. The minimum atomic E-state index is -0.104.